The third-order valence-corrected chi connectivity index (χ3v) is 2.81. The summed E-state index contributed by atoms with van der Waals surface area (Å²) in [5, 5.41) is 11.5. The molecule has 1 rings (SSSR count). The van der Waals surface area contributed by atoms with Crippen molar-refractivity contribution in [1.29, 1.82) is 0 Å². The van der Waals surface area contributed by atoms with Gasteiger partial charge in [-0.2, -0.15) is 0 Å². The third kappa shape index (κ3) is 5.21. The maximum atomic E-state index is 11.9. The van der Waals surface area contributed by atoms with Crippen LogP contribution in [0.5, 0.6) is 0 Å². The van der Waals surface area contributed by atoms with E-state index in [2.05, 4.69) is 10.3 Å². The van der Waals surface area contributed by atoms with E-state index in [9.17, 15) is 14.4 Å². The van der Waals surface area contributed by atoms with Crippen LogP contribution in [0.2, 0.25) is 0 Å². The SMILES string of the molecule is CCOC(=O)[C@H](C)C[C@H](NC(=O)c1cccnc1)C(=O)O. The summed E-state index contributed by atoms with van der Waals surface area (Å²) < 4.78 is 4.82. The average Bonchev–Trinajstić information content (AvgIpc) is 2.47. The van der Waals surface area contributed by atoms with E-state index in [1.54, 1.807) is 19.9 Å². The molecule has 0 aliphatic carbocycles. The number of pyridine rings is 1. The summed E-state index contributed by atoms with van der Waals surface area (Å²) in [5.41, 5.74) is 0.257. The van der Waals surface area contributed by atoms with Gasteiger partial charge in [-0.15, -0.1) is 0 Å². The highest BCUT2D eigenvalue weighted by molar-refractivity contribution is 5.96. The molecular weight excluding hydrogens is 276 g/mol. The maximum absolute atomic E-state index is 11.9. The first-order valence-electron chi connectivity index (χ1n) is 6.56. The number of aromatic nitrogens is 1. The molecule has 21 heavy (non-hydrogen) atoms. The van der Waals surface area contributed by atoms with E-state index in [4.69, 9.17) is 9.84 Å². The molecule has 2 N–H and O–H groups in total. The van der Waals surface area contributed by atoms with Gasteiger partial charge in [0.25, 0.3) is 5.91 Å². The zero-order chi connectivity index (χ0) is 15.8. The second kappa shape index (κ2) is 7.98. The van der Waals surface area contributed by atoms with Crippen molar-refractivity contribution in [2.75, 3.05) is 6.61 Å². The highest BCUT2D eigenvalue weighted by Gasteiger charge is 2.26. The molecule has 114 valence electrons. The smallest absolute Gasteiger partial charge is 0.326 e. The number of rotatable bonds is 7. The van der Waals surface area contributed by atoms with Gasteiger partial charge in [0.05, 0.1) is 18.1 Å². The van der Waals surface area contributed by atoms with Crippen LogP contribution in [0.3, 0.4) is 0 Å². The van der Waals surface area contributed by atoms with Crippen LogP contribution in [0.1, 0.15) is 30.6 Å². The maximum Gasteiger partial charge on any atom is 0.326 e. The quantitative estimate of drug-likeness (QED) is 0.722. The summed E-state index contributed by atoms with van der Waals surface area (Å²) in [6.45, 7) is 3.45. The van der Waals surface area contributed by atoms with Gasteiger partial charge in [-0.3, -0.25) is 14.6 Å². The fraction of sp³-hybridized carbons (Fsp3) is 0.429. The molecule has 0 aromatic carbocycles. The molecule has 7 heteroatoms. The summed E-state index contributed by atoms with van der Waals surface area (Å²) in [6, 6.07) is 1.93. The van der Waals surface area contributed by atoms with Crippen molar-refractivity contribution in [3.8, 4) is 0 Å². The Morgan fingerprint density at radius 2 is 2.14 bits per heavy atom. The molecule has 7 nitrogen and oxygen atoms in total. The molecule has 0 fully saturated rings. The number of carbonyl (C=O) groups excluding carboxylic acids is 2. The van der Waals surface area contributed by atoms with Crippen molar-refractivity contribution in [3.63, 3.8) is 0 Å². The van der Waals surface area contributed by atoms with E-state index in [1.807, 2.05) is 0 Å². The lowest BCUT2D eigenvalue weighted by Crippen LogP contribution is -2.42. The number of aliphatic carboxylic acids is 1. The normalized spacial score (nSPS) is 13.0. The van der Waals surface area contributed by atoms with Crippen LogP contribution in [0, 0.1) is 5.92 Å². The lowest BCUT2D eigenvalue weighted by molar-refractivity contribution is -0.148. The van der Waals surface area contributed by atoms with E-state index in [0.717, 1.165) is 0 Å². The van der Waals surface area contributed by atoms with E-state index >= 15 is 0 Å². The first kappa shape index (κ1) is 16.6. The third-order valence-electron chi connectivity index (χ3n) is 2.81. The number of amides is 1. The molecule has 0 saturated carbocycles. The number of carboxylic acids is 1. The monoisotopic (exact) mass is 294 g/mol. The molecule has 0 spiro atoms. The Kier molecular flexibility index (Phi) is 6.32. The molecule has 0 radical (unpaired) electrons. The van der Waals surface area contributed by atoms with Crippen LogP contribution in [0.15, 0.2) is 24.5 Å². The van der Waals surface area contributed by atoms with E-state index < -0.39 is 29.8 Å². The minimum absolute atomic E-state index is 0.0415. The zero-order valence-electron chi connectivity index (χ0n) is 11.9. The Bertz CT molecular complexity index is 503. The van der Waals surface area contributed by atoms with Gasteiger partial charge in [-0.1, -0.05) is 6.92 Å². The molecule has 1 aromatic heterocycles. The van der Waals surface area contributed by atoms with Crippen molar-refractivity contribution in [2.45, 2.75) is 26.3 Å². The summed E-state index contributed by atoms with van der Waals surface area (Å²) >= 11 is 0. The molecule has 1 aromatic rings. The molecule has 0 saturated heterocycles. The van der Waals surface area contributed by atoms with Gasteiger partial charge in [0.1, 0.15) is 6.04 Å². The van der Waals surface area contributed by atoms with Crippen molar-refractivity contribution < 1.29 is 24.2 Å². The van der Waals surface area contributed by atoms with Crippen LogP contribution < -0.4 is 5.32 Å². The summed E-state index contributed by atoms with van der Waals surface area (Å²) in [6.07, 6.45) is 2.80. The van der Waals surface area contributed by atoms with Gasteiger partial charge in [0.2, 0.25) is 0 Å². The van der Waals surface area contributed by atoms with Crippen LogP contribution in [0.4, 0.5) is 0 Å². The van der Waals surface area contributed by atoms with Gasteiger partial charge in [0, 0.05) is 12.4 Å². The standard InChI is InChI=1S/C14H18N2O5/c1-3-21-14(20)9(2)7-11(13(18)19)16-12(17)10-5-4-6-15-8-10/h4-6,8-9,11H,3,7H2,1-2H3,(H,16,17)(H,18,19)/t9-,11+/m1/s1. The molecule has 0 aliphatic heterocycles. The van der Waals surface area contributed by atoms with Gasteiger partial charge >= 0.3 is 11.9 Å². The fourth-order valence-corrected chi connectivity index (χ4v) is 1.69. The van der Waals surface area contributed by atoms with Crippen LogP contribution >= 0.6 is 0 Å². The number of carboxylic acid groups (broad SMARTS) is 1. The number of carbonyl (C=O) groups is 3. The number of esters is 1. The zero-order valence-corrected chi connectivity index (χ0v) is 11.9. The Morgan fingerprint density at radius 1 is 1.43 bits per heavy atom. The average molecular weight is 294 g/mol. The number of hydrogen-bond donors (Lipinski definition) is 2. The van der Waals surface area contributed by atoms with Crippen LogP contribution in [0.25, 0.3) is 0 Å². The molecule has 1 heterocycles. The predicted molar refractivity (Wildman–Crippen MR) is 73.5 cm³/mol. The van der Waals surface area contributed by atoms with Crippen molar-refractivity contribution in [2.24, 2.45) is 5.92 Å². The minimum atomic E-state index is -1.21. The highest BCUT2D eigenvalue weighted by atomic mass is 16.5. The van der Waals surface area contributed by atoms with Gasteiger partial charge in [-0.25, -0.2) is 4.79 Å². The predicted octanol–water partition coefficient (Wildman–Crippen LogP) is 0.854. The van der Waals surface area contributed by atoms with Crippen LogP contribution in [-0.2, 0) is 14.3 Å². The van der Waals surface area contributed by atoms with Gasteiger partial charge in [-0.05, 0) is 25.5 Å². The molecule has 0 unspecified atom stereocenters. The summed E-state index contributed by atoms with van der Waals surface area (Å²) in [4.78, 5) is 38.4. The van der Waals surface area contributed by atoms with Crippen molar-refractivity contribution in [1.82, 2.24) is 10.3 Å². The summed E-state index contributed by atoms with van der Waals surface area (Å²) in [5.74, 6) is -2.87. The molecule has 1 amide bonds. The first-order valence-corrected chi connectivity index (χ1v) is 6.56. The Labute approximate surface area is 122 Å². The number of ether oxygens (including phenoxy) is 1. The fourth-order valence-electron chi connectivity index (χ4n) is 1.69. The van der Waals surface area contributed by atoms with Crippen molar-refractivity contribution >= 4 is 17.8 Å². The topological polar surface area (TPSA) is 106 Å². The Balaban J connectivity index is 2.68. The number of nitrogens with one attached hydrogen (secondary N) is 1. The summed E-state index contributed by atoms with van der Waals surface area (Å²) in [7, 11) is 0. The number of nitrogens with zero attached hydrogens (tertiary/aromatic N) is 1. The number of hydrogen-bond acceptors (Lipinski definition) is 5. The van der Waals surface area contributed by atoms with E-state index in [1.165, 1.54) is 18.5 Å². The minimum Gasteiger partial charge on any atom is -0.480 e. The molecule has 2 atom stereocenters. The largest absolute Gasteiger partial charge is 0.480 e. The Morgan fingerprint density at radius 3 is 2.67 bits per heavy atom. The Hall–Kier alpha value is -2.44. The van der Waals surface area contributed by atoms with Crippen LogP contribution in [-0.4, -0.2) is 40.6 Å². The molecule has 0 aliphatic rings. The second-order valence-corrected chi connectivity index (χ2v) is 4.49. The lowest BCUT2D eigenvalue weighted by atomic mass is 10.0. The van der Waals surface area contributed by atoms with Crippen molar-refractivity contribution in [3.05, 3.63) is 30.1 Å². The van der Waals surface area contributed by atoms with E-state index in [-0.39, 0.29) is 18.6 Å². The van der Waals surface area contributed by atoms with Gasteiger partial charge in [0.15, 0.2) is 0 Å². The first-order chi connectivity index (χ1) is 9.95. The second-order valence-electron chi connectivity index (χ2n) is 4.49. The molecule has 0 bridgehead atoms. The lowest BCUT2D eigenvalue weighted by Gasteiger charge is -2.18. The highest BCUT2D eigenvalue weighted by Crippen LogP contribution is 2.10. The van der Waals surface area contributed by atoms with Gasteiger partial charge < -0.3 is 15.2 Å². The molecular formula is C14H18N2O5. The van der Waals surface area contributed by atoms with E-state index in [0.29, 0.717) is 0 Å².